The van der Waals surface area contributed by atoms with E-state index in [2.05, 4.69) is 90.9 Å². The van der Waals surface area contributed by atoms with Gasteiger partial charge in [-0.2, -0.15) is 0 Å². The molecule has 0 amide bonds. The lowest BCUT2D eigenvalue weighted by molar-refractivity contribution is -0.0648. The normalized spacial score (nSPS) is 29.6. The molecule has 4 nitrogen and oxygen atoms in total. The summed E-state index contributed by atoms with van der Waals surface area (Å²) in [5.41, 5.74) is 2.74. The number of rotatable bonds is 31. The van der Waals surface area contributed by atoms with Crippen LogP contribution in [0.25, 0.3) is 0 Å². The lowest BCUT2D eigenvalue weighted by Gasteiger charge is -2.58. The van der Waals surface area contributed by atoms with Crippen molar-refractivity contribution in [3.63, 3.8) is 0 Å². The zero-order chi connectivity index (χ0) is 41.6. The van der Waals surface area contributed by atoms with Crippen LogP contribution in [0.2, 0.25) is 0 Å². The first-order chi connectivity index (χ1) is 28.1. The molecule has 0 N–H and O–H groups in total. The molecule has 0 aromatic heterocycles. The van der Waals surface area contributed by atoms with Crippen LogP contribution >= 0.6 is 0 Å². The minimum absolute atomic E-state index is 0.143. The van der Waals surface area contributed by atoms with Crippen molar-refractivity contribution in [2.45, 2.75) is 214 Å². The summed E-state index contributed by atoms with van der Waals surface area (Å²) < 4.78 is 19.1. The molecule has 58 heavy (non-hydrogen) atoms. The maximum absolute atomic E-state index is 6.59. The molecule has 336 valence electrons. The molecule has 0 bridgehead atoms. The van der Waals surface area contributed by atoms with E-state index >= 15 is 0 Å². The van der Waals surface area contributed by atoms with E-state index in [1.165, 1.54) is 135 Å². The molecule has 0 aromatic carbocycles. The average Bonchev–Trinajstić information content (AvgIpc) is 3.55. The van der Waals surface area contributed by atoms with Gasteiger partial charge in [-0.3, -0.25) is 0 Å². The summed E-state index contributed by atoms with van der Waals surface area (Å²) in [5.74, 6) is 5.43. The zero-order valence-corrected chi connectivity index (χ0v) is 39.9. The van der Waals surface area contributed by atoms with Crippen LogP contribution in [0, 0.1) is 46.3 Å². The molecular weight excluding hydrogens is 711 g/mol. The molecule has 4 aliphatic rings. The number of ether oxygens (including phenoxy) is 3. The molecule has 0 heterocycles. The molecule has 9 atom stereocenters. The Morgan fingerprint density at radius 3 is 2.19 bits per heavy atom. The van der Waals surface area contributed by atoms with Gasteiger partial charge >= 0.3 is 0 Å². The van der Waals surface area contributed by atoms with Gasteiger partial charge in [0.2, 0.25) is 0 Å². The summed E-state index contributed by atoms with van der Waals surface area (Å²) in [4.78, 5) is 2.23. The van der Waals surface area contributed by atoms with Crippen molar-refractivity contribution >= 4 is 0 Å². The van der Waals surface area contributed by atoms with Gasteiger partial charge in [0.05, 0.1) is 18.8 Å². The van der Waals surface area contributed by atoms with Crippen LogP contribution in [0.4, 0.5) is 0 Å². The number of nitrogens with zero attached hydrogens (tertiary/aromatic N) is 1. The number of allylic oxidation sites excluding steroid dienone is 5. The van der Waals surface area contributed by atoms with Crippen molar-refractivity contribution in [3.8, 4) is 0 Å². The lowest BCUT2D eigenvalue weighted by Crippen LogP contribution is -2.51. The number of hydrogen-bond donors (Lipinski definition) is 0. The van der Waals surface area contributed by atoms with E-state index < -0.39 is 0 Å². The van der Waals surface area contributed by atoms with Crippen LogP contribution in [-0.2, 0) is 14.2 Å². The second-order valence-corrected chi connectivity index (χ2v) is 21.1. The maximum Gasteiger partial charge on any atom is 0.0934 e. The molecular formula is C54H97NO3. The Morgan fingerprint density at radius 2 is 1.45 bits per heavy atom. The number of fused-ring (bicyclic) bond motifs is 5. The molecule has 0 radical (unpaired) electrons. The summed E-state index contributed by atoms with van der Waals surface area (Å²) in [5, 5.41) is 0. The average molecular weight is 808 g/mol. The minimum atomic E-state index is 0.143. The third kappa shape index (κ3) is 16.1. The van der Waals surface area contributed by atoms with Crippen LogP contribution in [0.15, 0.2) is 36.0 Å². The molecule has 4 heteroatoms. The molecule has 3 fully saturated rings. The van der Waals surface area contributed by atoms with Crippen molar-refractivity contribution in [2.24, 2.45) is 46.3 Å². The molecule has 0 spiro atoms. The Labute approximate surface area is 361 Å². The van der Waals surface area contributed by atoms with E-state index in [4.69, 9.17) is 14.2 Å². The van der Waals surface area contributed by atoms with Gasteiger partial charge in [-0.1, -0.05) is 135 Å². The summed E-state index contributed by atoms with van der Waals surface area (Å²) in [7, 11) is 4.27. The van der Waals surface area contributed by atoms with E-state index in [1.54, 1.807) is 5.57 Å². The summed E-state index contributed by atoms with van der Waals surface area (Å²) in [6, 6.07) is 0. The van der Waals surface area contributed by atoms with Crippen molar-refractivity contribution < 1.29 is 14.2 Å². The highest BCUT2D eigenvalue weighted by atomic mass is 16.5. The fraction of sp³-hybridized carbons (Fsp3) is 0.889. The Bertz CT molecular complexity index is 1170. The number of unbranched alkanes of at least 4 members (excludes halogenated alkanes) is 10. The quantitative estimate of drug-likeness (QED) is 0.0516. The largest absolute Gasteiger partial charge is 0.379 e. The Kier molecular flexibility index (Phi) is 23.3. The molecule has 8 unspecified atom stereocenters. The first kappa shape index (κ1) is 49.7. The zero-order valence-electron chi connectivity index (χ0n) is 39.9. The second kappa shape index (κ2) is 27.2. The first-order valence-corrected chi connectivity index (χ1v) is 25.5. The summed E-state index contributed by atoms with van der Waals surface area (Å²) >= 11 is 0. The van der Waals surface area contributed by atoms with E-state index in [-0.39, 0.29) is 6.10 Å². The second-order valence-electron chi connectivity index (χ2n) is 21.1. The first-order valence-electron chi connectivity index (χ1n) is 25.5. The highest BCUT2D eigenvalue weighted by Gasteiger charge is 2.59. The number of likely N-dealkylation sites (N-methyl/N-ethyl adjacent to an activating group) is 1. The predicted molar refractivity (Wildman–Crippen MR) is 250 cm³/mol. The molecule has 4 rings (SSSR count). The van der Waals surface area contributed by atoms with Gasteiger partial charge < -0.3 is 19.1 Å². The number of hydrogen-bond acceptors (Lipinski definition) is 4. The molecule has 0 aromatic rings. The van der Waals surface area contributed by atoms with Crippen molar-refractivity contribution in [1.29, 1.82) is 0 Å². The van der Waals surface area contributed by atoms with Crippen LogP contribution in [-0.4, -0.2) is 64.2 Å². The van der Waals surface area contributed by atoms with E-state index in [9.17, 15) is 0 Å². The molecule has 0 saturated heterocycles. The fourth-order valence-electron chi connectivity index (χ4n) is 12.5. The van der Waals surface area contributed by atoms with Crippen LogP contribution in [0.3, 0.4) is 0 Å². The smallest absolute Gasteiger partial charge is 0.0934 e. The van der Waals surface area contributed by atoms with Crippen molar-refractivity contribution in [1.82, 2.24) is 4.90 Å². The third-order valence-electron chi connectivity index (χ3n) is 15.9. The van der Waals surface area contributed by atoms with Gasteiger partial charge in [-0.15, -0.1) is 0 Å². The highest BCUT2D eigenvalue weighted by molar-refractivity contribution is 5.25. The third-order valence-corrected chi connectivity index (χ3v) is 15.9. The monoisotopic (exact) mass is 808 g/mol. The lowest BCUT2D eigenvalue weighted by atomic mass is 9.47. The van der Waals surface area contributed by atoms with Crippen LogP contribution < -0.4 is 0 Å². The van der Waals surface area contributed by atoms with Gasteiger partial charge in [-0.05, 0) is 163 Å². The fourth-order valence-corrected chi connectivity index (χ4v) is 12.5. The maximum atomic E-state index is 6.59. The molecule has 4 aliphatic carbocycles. The minimum Gasteiger partial charge on any atom is -0.379 e. The topological polar surface area (TPSA) is 30.9 Å². The Balaban J connectivity index is 1.04. The molecule has 0 aliphatic heterocycles. The van der Waals surface area contributed by atoms with Gasteiger partial charge in [0, 0.05) is 26.4 Å². The summed E-state index contributed by atoms with van der Waals surface area (Å²) in [6.07, 6.45) is 45.4. The van der Waals surface area contributed by atoms with E-state index in [0.29, 0.717) is 23.5 Å². The molecule has 3 saturated carbocycles. The van der Waals surface area contributed by atoms with Gasteiger partial charge in [0.25, 0.3) is 0 Å². The highest BCUT2D eigenvalue weighted by Crippen LogP contribution is 2.67. The SMILES string of the molecule is CCCCC/C=C\C/C=C\CCCCCCCCOC[C@H](CN(C)C)OCCCCOC1CCC2(C)C(=CCC3C2CCC2(C)C(C(C)CCCC(C)C)CCC32)C1. The van der Waals surface area contributed by atoms with E-state index in [0.717, 1.165) is 87.6 Å². The van der Waals surface area contributed by atoms with Gasteiger partial charge in [0.1, 0.15) is 0 Å². The van der Waals surface area contributed by atoms with Crippen LogP contribution in [0.5, 0.6) is 0 Å². The van der Waals surface area contributed by atoms with E-state index in [1.807, 2.05) is 0 Å². The predicted octanol–water partition coefficient (Wildman–Crippen LogP) is 15.0. The standard InChI is InChI=1S/C54H97NO3/c1-9-10-11-12-13-14-15-16-17-18-19-20-21-22-23-24-38-56-43-48(42-55(7)8)58-40-26-25-39-57-47-34-36-53(5)46(41-47)30-31-49-51-33-32-50(45(4)29-27-28-44(2)3)54(51,6)37-35-52(49)53/h13-14,16-17,30,44-45,47-52H,9-12,15,18-29,31-43H2,1-8H3/b14-13-,17-16-/t45?,47?,48-,49?,50?,51?,52?,53?,54?/m0/s1. The van der Waals surface area contributed by atoms with Crippen LogP contribution in [0.1, 0.15) is 202 Å². The van der Waals surface area contributed by atoms with Gasteiger partial charge in [-0.25, -0.2) is 0 Å². The Morgan fingerprint density at radius 1 is 0.741 bits per heavy atom. The van der Waals surface area contributed by atoms with Crippen molar-refractivity contribution in [2.75, 3.05) is 47.1 Å². The summed E-state index contributed by atoms with van der Waals surface area (Å²) in [6.45, 7) is 19.2. The van der Waals surface area contributed by atoms with Gasteiger partial charge in [0.15, 0.2) is 0 Å². The van der Waals surface area contributed by atoms with Crippen molar-refractivity contribution in [3.05, 3.63) is 36.0 Å². The Hall–Kier alpha value is -0.940.